The van der Waals surface area contributed by atoms with Crippen LogP contribution in [0.2, 0.25) is 5.02 Å². The maximum absolute atomic E-state index is 14.7. The molecular weight excluding hydrogens is 797 g/mol. The second kappa shape index (κ2) is 15.7. The SMILES string of the molecule is CCOc1cc(O[C@@H]2C[C@@H](C(=O)N[C@]3(C(=O)NS(=O)(=O)OC4CC4)C[C@H]3CC)N(C(=O)[C@@H](CC(=O)OC3(C(F)(F)F)CCC3)C(C)(C)C)C2)c2cccc(Cl)c2n1. The molecule has 5 atom stereocenters. The van der Waals surface area contributed by atoms with Crippen LogP contribution >= 0.6 is 11.6 Å². The Balaban J connectivity index is 1.30. The third-order valence-electron chi connectivity index (χ3n) is 11.2. The Morgan fingerprint density at radius 3 is 2.35 bits per heavy atom. The Bertz CT molecular complexity index is 2020. The van der Waals surface area contributed by atoms with Gasteiger partial charge in [-0.15, -0.1) is 0 Å². The number of nitrogens with zero attached hydrogens (tertiary/aromatic N) is 2. The summed E-state index contributed by atoms with van der Waals surface area (Å²) < 4.78 is 91.1. The van der Waals surface area contributed by atoms with Crippen molar-refractivity contribution >= 4 is 56.5 Å². The van der Waals surface area contributed by atoms with Crippen molar-refractivity contribution in [3.63, 3.8) is 0 Å². The normalized spacial score (nSPS) is 24.9. The zero-order valence-corrected chi connectivity index (χ0v) is 33.9. The van der Waals surface area contributed by atoms with Crippen molar-refractivity contribution in [2.24, 2.45) is 17.3 Å². The van der Waals surface area contributed by atoms with Crippen LogP contribution in [0.5, 0.6) is 11.6 Å². The molecule has 1 aliphatic heterocycles. The molecule has 57 heavy (non-hydrogen) atoms. The van der Waals surface area contributed by atoms with Gasteiger partial charge in [0.25, 0.3) is 5.91 Å². The number of esters is 1. The molecule has 2 heterocycles. The Kier molecular flexibility index (Phi) is 11.8. The highest BCUT2D eigenvalue weighted by Crippen LogP contribution is 2.49. The number of alkyl halides is 3. The van der Waals surface area contributed by atoms with Gasteiger partial charge < -0.3 is 24.4 Å². The summed E-state index contributed by atoms with van der Waals surface area (Å²) in [5.74, 6) is -4.91. The Morgan fingerprint density at radius 2 is 1.79 bits per heavy atom. The van der Waals surface area contributed by atoms with Crippen LogP contribution in [-0.2, 0) is 38.4 Å². The fraction of sp³-hybridized carbons (Fsp3) is 0.658. The summed E-state index contributed by atoms with van der Waals surface area (Å²) in [4.78, 5) is 61.5. The first-order chi connectivity index (χ1) is 26.6. The highest BCUT2D eigenvalue weighted by Gasteiger charge is 2.63. The Hall–Kier alpha value is -3.90. The lowest BCUT2D eigenvalue weighted by atomic mass is 9.77. The summed E-state index contributed by atoms with van der Waals surface area (Å²) in [6.45, 7) is 8.55. The Morgan fingerprint density at radius 1 is 1.09 bits per heavy atom. The van der Waals surface area contributed by atoms with Crippen LogP contribution in [0.1, 0.15) is 92.4 Å². The van der Waals surface area contributed by atoms with E-state index in [0.29, 0.717) is 35.2 Å². The lowest BCUT2D eigenvalue weighted by Crippen LogP contribution is -2.57. The number of benzene rings is 1. The van der Waals surface area contributed by atoms with Crippen molar-refractivity contribution in [1.29, 1.82) is 0 Å². The van der Waals surface area contributed by atoms with Crippen molar-refractivity contribution in [3.05, 3.63) is 29.3 Å². The van der Waals surface area contributed by atoms with Crippen molar-refractivity contribution in [2.75, 3.05) is 13.2 Å². The molecular formula is C38H48ClF3N4O10S. The van der Waals surface area contributed by atoms with Crippen molar-refractivity contribution in [1.82, 2.24) is 19.9 Å². The minimum absolute atomic E-state index is 0.113. The molecule has 0 unspecified atom stereocenters. The van der Waals surface area contributed by atoms with E-state index in [-0.39, 0.29) is 56.9 Å². The van der Waals surface area contributed by atoms with Gasteiger partial charge in [0.1, 0.15) is 23.4 Å². The van der Waals surface area contributed by atoms with Crippen LogP contribution in [-0.4, -0.2) is 90.7 Å². The molecule has 0 spiro atoms. The number of amides is 3. The number of pyridine rings is 1. The molecule has 1 aromatic heterocycles. The van der Waals surface area contributed by atoms with Crippen molar-refractivity contribution in [3.8, 4) is 11.6 Å². The van der Waals surface area contributed by atoms with Gasteiger partial charge >= 0.3 is 22.4 Å². The molecule has 2 aromatic rings. The van der Waals surface area contributed by atoms with Crippen LogP contribution in [0.3, 0.4) is 0 Å². The minimum atomic E-state index is -4.79. The molecule has 4 aliphatic rings. The molecule has 4 fully saturated rings. The van der Waals surface area contributed by atoms with E-state index in [1.165, 1.54) is 4.90 Å². The van der Waals surface area contributed by atoms with Gasteiger partial charge in [-0.1, -0.05) is 51.8 Å². The molecule has 3 aliphatic carbocycles. The van der Waals surface area contributed by atoms with Crippen molar-refractivity contribution < 1.29 is 59.2 Å². The fourth-order valence-corrected chi connectivity index (χ4v) is 8.78. The largest absolute Gasteiger partial charge is 0.488 e. The molecule has 3 saturated carbocycles. The number of carbonyl (C=O) groups is 4. The van der Waals surface area contributed by atoms with Crippen LogP contribution in [0.4, 0.5) is 13.2 Å². The second-order valence-electron chi connectivity index (χ2n) is 16.4. The molecule has 1 saturated heterocycles. The maximum atomic E-state index is 14.7. The third-order valence-corrected chi connectivity index (χ3v) is 12.5. The smallest absolute Gasteiger partial charge is 0.428 e. The topological polar surface area (TPSA) is 180 Å². The number of carbonyl (C=O) groups excluding carboxylic acids is 4. The standard InChI is InChI=1S/C38H48ClF3N4O10S/c1-6-21-19-37(21,34(50)45-57(51,52)56-22-12-13-22)44-32(48)27-16-23(54-28-18-29(53-7-2)43-31-24(28)10-8-11-26(31)39)20-46(27)33(49)25(35(3,4)5)17-30(47)55-36(14-9-15-36)38(40,41)42/h8,10-11,18,21-23,25,27H,6-7,9,12-17,19-20H2,1-5H3,(H,44,48)(H,45,50)/t21-,23-,25-,27+,37-/m1/s1. The lowest BCUT2D eigenvalue weighted by molar-refractivity contribution is -0.294. The predicted molar refractivity (Wildman–Crippen MR) is 199 cm³/mol. The number of hydrogen-bond donors (Lipinski definition) is 2. The van der Waals surface area contributed by atoms with E-state index in [9.17, 15) is 40.8 Å². The van der Waals surface area contributed by atoms with Gasteiger partial charge in [0.15, 0.2) is 0 Å². The average Bonchev–Trinajstić information content (AvgIpc) is 4.00. The first-order valence-electron chi connectivity index (χ1n) is 19.2. The summed E-state index contributed by atoms with van der Waals surface area (Å²) in [7, 11) is -4.48. The number of rotatable bonds is 15. The molecule has 14 nitrogen and oxygen atoms in total. The van der Waals surface area contributed by atoms with E-state index in [1.54, 1.807) is 58.9 Å². The number of para-hydroxylation sites is 1. The van der Waals surface area contributed by atoms with Crippen LogP contribution < -0.4 is 19.5 Å². The van der Waals surface area contributed by atoms with Crippen molar-refractivity contribution in [2.45, 2.75) is 128 Å². The highest BCUT2D eigenvalue weighted by molar-refractivity contribution is 7.85. The number of likely N-dealkylation sites (tertiary alicyclic amines) is 1. The Labute approximate surface area is 334 Å². The molecule has 3 amide bonds. The summed E-state index contributed by atoms with van der Waals surface area (Å²) in [6.07, 6.45) is -6.00. The van der Waals surface area contributed by atoms with E-state index in [4.69, 9.17) is 30.0 Å². The molecule has 19 heteroatoms. The van der Waals surface area contributed by atoms with Crippen LogP contribution in [0.25, 0.3) is 10.9 Å². The summed E-state index contributed by atoms with van der Waals surface area (Å²) >= 11 is 6.47. The highest BCUT2D eigenvalue weighted by atomic mass is 35.5. The summed E-state index contributed by atoms with van der Waals surface area (Å²) in [5.41, 5.74) is -4.88. The zero-order chi connectivity index (χ0) is 41.7. The number of halogens is 4. The molecule has 0 bridgehead atoms. The quantitative estimate of drug-likeness (QED) is 0.215. The average molecular weight is 845 g/mol. The first kappa shape index (κ1) is 42.7. The van der Waals surface area contributed by atoms with Gasteiger partial charge in [-0.2, -0.15) is 21.6 Å². The van der Waals surface area contributed by atoms with E-state index in [0.717, 1.165) is 0 Å². The molecule has 6 rings (SSSR count). The summed E-state index contributed by atoms with van der Waals surface area (Å²) in [5, 5.41) is 3.56. The lowest BCUT2D eigenvalue weighted by Gasteiger charge is -2.42. The third kappa shape index (κ3) is 9.07. The molecule has 1 aromatic carbocycles. The number of ether oxygens (including phenoxy) is 3. The van der Waals surface area contributed by atoms with Gasteiger partial charge in [0.05, 0.1) is 42.1 Å². The van der Waals surface area contributed by atoms with E-state index in [1.807, 2.05) is 4.72 Å². The van der Waals surface area contributed by atoms with Gasteiger partial charge in [0, 0.05) is 17.9 Å². The molecule has 2 N–H and O–H groups in total. The van der Waals surface area contributed by atoms with E-state index in [2.05, 4.69) is 10.3 Å². The van der Waals surface area contributed by atoms with Gasteiger partial charge in [-0.25, -0.2) is 9.71 Å². The zero-order valence-electron chi connectivity index (χ0n) is 32.4. The second-order valence-corrected chi connectivity index (χ2v) is 18.1. The first-order valence-corrected chi connectivity index (χ1v) is 21.0. The predicted octanol–water partition coefficient (Wildman–Crippen LogP) is 5.54. The minimum Gasteiger partial charge on any atom is -0.488 e. The fourth-order valence-electron chi connectivity index (χ4n) is 7.55. The van der Waals surface area contributed by atoms with Gasteiger partial charge in [0.2, 0.25) is 23.3 Å². The van der Waals surface area contributed by atoms with E-state index >= 15 is 0 Å². The molecule has 0 radical (unpaired) electrons. The maximum Gasteiger partial charge on any atom is 0.428 e. The monoisotopic (exact) mass is 844 g/mol. The summed E-state index contributed by atoms with van der Waals surface area (Å²) in [6, 6.07) is 5.29. The van der Waals surface area contributed by atoms with Gasteiger partial charge in [-0.05, 0) is 68.9 Å². The molecule has 314 valence electrons. The van der Waals surface area contributed by atoms with E-state index < -0.39 is 93.2 Å². The number of hydrogen-bond acceptors (Lipinski definition) is 11. The number of fused-ring (bicyclic) bond motifs is 1. The number of aromatic nitrogens is 1. The number of nitrogens with one attached hydrogen (secondary N) is 2. The van der Waals surface area contributed by atoms with Crippen LogP contribution in [0, 0.1) is 17.3 Å². The van der Waals surface area contributed by atoms with Crippen LogP contribution in [0.15, 0.2) is 24.3 Å². The van der Waals surface area contributed by atoms with Gasteiger partial charge in [-0.3, -0.25) is 23.4 Å².